The maximum Gasteiger partial charge on any atom is 0.317 e. The number of nitrogens with one attached hydrogen (secondary N) is 1. The first-order chi connectivity index (χ1) is 17.1. The zero-order valence-electron chi connectivity index (χ0n) is 21.1. The maximum absolute atomic E-state index is 12.5. The number of aliphatic carboxylic acids is 3. The molecule has 13 heteroatoms. The highest BCUT2D eigenvalue weighted by Crippen LogP contribution is 2.04. The van der Waals surface area contributed by atoms with Crippen LogP contribution in [0.2, 0.25) is 0 Å². The van der Waals surface area contributed by atoms with Gasteiger partial charge in [-0.25, -0.2) is 0 Å². The van der Waals surface area contributed by atoms with Crippen molar-refractivity contribution in [3.8, 4) is 0 Å². The molecule has 1 aliphatic heterocycles. The van der Waals surface area contributed by atoms with Gasteiger partial charge in [-0.1, -0.05) is 13.3 Å². The summed E-state index contributed by atoms with van der Waals surface area (Å²) in [7, 11) is 0. The maximum atomic E-state index is 12.5. The topological polar surface area (TPSA) is 171 Å². The molecule has 0 radical (unpaired) electrons. The van der Waals surface area contributed by atoms with Crippen LogP contribution in [0.5, 0.6) is 0 Å². The Balaban J connectivity index is 2.78. The normalized spacial score (nSPS) is 18.5. The third-order valence-corrected chi connectivity index (χ3v) is 6.01. The molecule has 1 aliphatic rings. The van der Waals surface area contributed by atoms with E-state index in [1.807, 2.05) is 11.8 Å². The molecule has 206 valence electrons. The van der Waals surface area contributed by atoms with E-state index in [9.17, 15) is 39.3 Å². The molecule has 1 saturated heterocycles. The standard InChI is InChI=1S/C23H41N5O8/c1-19(18-29)4-2-3-5-24-20(30)14-25-6-8-26(15-21(31)32)10-12-28(17-23(35)36)13-11-27(9-7-25)16-22(33)34/h18-19H,2-17H2,1H3,(H,24,30)(H,31,32)(H,33,34)(H,35,36). The lowest BCUT2D eigenvalue weighted by Crippen LogP contribution is -2.49. The zero-order chi connectivity index (χ0) is 26.9. The fourth-order valence-electron chi connectivity index (χ4n) is 3.93. The molecule has 0 bridgehead atoms. The number of hydrogen-bond acceptors (Lipinski definition) is 9. The molecule has 1 atom stereocenters. The molecule has 0 aromatic carbocycles. The summed E-state index contributed by atoms with van der Waals surface area (Å²) in [5, 5.41) is 30.6. The smallest absolute Gasteiger partial charge is 0.317 e. The number of hydrogen-bond donors (Lipinski definition) is 4. The summed E-state index contributed by atoms with van der Waals surface area (Å²) in [4.78, 5) is 64.1. The number of amides is 1. The highest BCUT2D eigenvalue weighted by molar-refractivity contribution is 5.78. The number of aldehydes is 1. The molecule has 1 rings (SSSR count). The van der Waals surface area contributed by atoms with E-state index in [4.69, 9.17) is 0 Å². The summed E-state index contributed by atoms with van der Waals surface area (Å²) < 4.78 is 0. The molecule has 0 aromatic heterocycles. The van der Waals surface area contributed by atoms with Crippen LogP contribution in [0.15, 0.2) is 0 Å². The molecule has 0 aliphatic carbocycles. The fraction of sp³-hybridized carbons (Fsp3) is 0.783. The van der Waals surface area contributed by atoms with Crippen molar-refractivity contribution in [1.29, 1.82) is 0 Å². The van der Waals surface area contributed by atoms with Crippen molar-refractivity contribution in [3.05, 3.63) is 0 Å². The van der Waals surface area contributed by atoms with Crippen molar-refractivity contribution in [2.45, 2.75) is 26.2 Å². The van der Waals surface area contributed by atoms with E-state index in [-0.39, 0.29) is 38.0 Å². The lowest BCUT2D eigenvalue weighted by atomic mass is 10.1. The largest absolute Gasteiger partial charge is 0.480 e. The van der Waals surface area contributed by atoms with Crippen LogP contribution in [0.25, 0.3) is 0 Å². The van der Waals surface area contributed by atoms with Crippen molar-refractivity contribution in [2.75, 3.05) is 85.1 Å². The molecular formula is C23H41N5O8. The minimum Gasteiger partial charge on any atom is -0.480 e. The summed E-state index contributed by atoms with van der Waals surface area (Å²) in [6, 6.07) is 0. The van der Waals surface area contributed by atoms with Gasteiger partial charge >= 0.3 is 17.9 Å². The molecule has 13 nitrogen and oxygen atoms in total. The Bertz CT molecular complexity index is 691. The second kappa shape index (κ2) is 17.8. The number of carbonyl (C=O) groups excluding carboxylic acids is 2. The number of nitrogens with zero attached hydrogens (tertiary/aromatic N) is 4. The highest BCUT2D eigenvalue weighted by Gasteiger charge is 2.21. The predicted octanol–water partition coefficient (Wildman–Crippen LogP) is -1.42. The number of rotatable bonds is 14. The number of carboxylic acids is 3. The second-order valence-electron chi connectivity index (χ2n) is 9.24. The van der Waals surface area contributed by atoms with Crippen molar-refractivity contribution >= 4 is 30.1 Å². The first-order valence-electron chi connectivity index (χ1n) is 12.4. The first-order valence-corrected chi connectivity index (χ1v) is 12.4. The van der Waals surface area contributed by atoms with Crippen LogP contribution in [0.4, 0.5) is 0 Å². The van der Waals surface area contributed by atoms with E-state index in [0.717, 1.165) is 25.5 Å². The van der Waals surface area contributed by atoms with Gasteiger partial charge in [-0.05, 0) is 12.8 Å². The van der Waals surface area contributed by atoms with Crippen LogP contribution in [0, 0.1) is 5.92 Å². The summed E-state index contributed by atoms with van der Waals surface area (Å²) in [6.45, 7) is 4.65. The van der Waals surface area contributed by atoms with Crippen molar-refractivity contribution in [3.63, 3.8) is 0 Å². The Morgan fingerprint density at radius 1 is 0.694 bits per heavy atom. The molecule has 1 heterocycles. The van der Waals surface area contributed by atoms with E-state index >= 15 is 0 Å². The van der Waals surface area contributed by atoms with Gasteiger partial charge in [0.25, 0.3) is 0 Å². The Morgan fingerprint density at radius 2 is 1.06 bits per heavy atom. The first kappa shape index (κ1) is 31.4. The van der Waals surface area contributed by atoms with Crippen LogP contribution >= 0.6 is 0 Å². The number of carboxylic acid groups (broad SMARTS) is 3. The fourth-order valence-corrected chi connectivity index (χ4v) is 3.93. The summed E-state index contributed by atoms with van der Waals surface area (Å²) in [5.41, 5.74) is 0. The van der Waals surface area contributed by atoms with E-state index in [1.165, 1.54) is 0 Å². The van der Waals surface area contributed by atoms with Crippen LogP contribution in [-0.2, 0) is 24.0 Å². The molecule has 1 unspecified atom stereocenters. The number of unbranched alkanes of at least 4 members (excludes halogenated alkanes) is 1. The average molecular weight is 516 g/mol. The van der Waals surface area contributed by atoms with Gasteiger partial charge in [0, 0.05) is 64.8 Å². The van der Waals surface area contributed by atoms with Crippen molar-refractivity contribution in [2.24, 2.45) is 5.92 Å². The Morgan fingerprint density at radius 3 is 1.39 bits per heavy atom. The van der Waals surface area contributed by atoms with Crippen molar-refractivity contribution in [1.82, 2.24) is 24.9 Å². The van der Waals surface area contributed by atoms with Gasteiger partial charge in [-0.15, -0.1) is 0 Å². The predicted molar refractivity (Wildman–Crippen MR) is 131 cm³/mol. The molecule has 1 amide bonds. The van der Waals surface area contributed by atoms with Gasteiger partial charge in [0.2, 0.25) is 5.91 Å². The molecule has 36 heavy (non-hydrogen) atoms. The SMILES string of the molecule is CC(C=O)CCCCNC(=O)CN1CCN(CC(=O)O)CCN(CC(=O)O)CCN(CC(=O)O)CC1. The lowest BCUT2D eigenvalue weighted by Gasteiger charge is -2.32. The molecular weight excluding hydrogens is 474 g/mol. The second-order valence-corrected chi connectivity index (χ2v) is 9.24. The van der Waals surface area contributed by atoms with E-state index < -0.39 is 17.9 Å². The van der Waals surface area contributed by atoms with Crippen LogP contribution in [0.3, 0.4) is 0 Å². The summed E-state index contributed by atoms with van der Waals surface area (Å²) in [6.07, 6.45) is 3.28. The van der Waals surface area contributed by atoms with Crippen LogP contribution in [-0.4, -0.2) is 150 Å². The van der Waals surface area contributed by atoms with Gasteiger partial charge in [0.05, 0.1) is 26.2 Å². The lowest BCUT2D eigenvalue weighted by molar-refractivity contribution is -0.140. The number of carbonyl (C=O) groups is 5. The van der Waals surface area contributed by atoms with Crippen LogP contribution in [0.1, 0.15) is 26.2 Å². The summed E-state index contributed by atoms with van der Waals surface area (Å²) >= 11 is 0. The van der Waals surface area contributed by atoms with E-state index in [0.29, 0.717) is 58.9 Å². The van der Waals surface area contributed by atoms with Gasteiger partial charge in [-0.2, -0.15) is 0 Å². The molecule has 0 spiro atoms. The summed E-state index contributed by atoms with van der Waals surface area (Å²) in [5.74, 6) is -3.16. The van der Waals surface area contributed by atoms with Gasteiger partial charge in [0.15, 0.2) is 0 Å². The zero-order valence-corrected chi connectivity index (χ0v) is 21.1. The van der Waals surface area contributed by atoms with Gasteiger partial charge < -0.3 is 25.4 Å². The Labute approximate surface area is 212 Å². The minimum absolute atomic E-state index is 0.00161. The molecule has 0 aromatic rings. The monoisotopic (exact) mass is 515 g/mol. The Kier molecular flexibility index (Phi) is 15.5. The van der Waals surface area contributed by atoms with Gasteiger partial charge in [-0.3, -0.25) is 38.8 Å². The van der Waals surface area contributed by atoms with Crippen molar-refractivity contribution < 1.29 is 39.3 Å². The van der Waals surface area contributed by atoms with Gasteiger partial charge in [0.1, 0.15) is 6.29 Å². The molecule has 4 N–H and O–H groups in total. The molecule has 1 fully saturated rings. The third kappa shape index (κ3) is 15.4. The highest BCUT2D eigenvalue weighted by atomic mass is 16.4. The average Bonchev–Trinajstić information content (AvgIpc) is 2.79. The van der Waals surface area contributed by atoms with Crippen LogP contribution < -0.4 is 5.32 Å². The molecule has 0 saturated carbocycles. The Hall–Kier alpha value is -2.61. The van der Waals surface area contributed by atoms with E-state index in [2.05, 4.69) is 5.32 Å². The van der Waals surface area contributed by atoms with E-state index in [1.54, 1.807) is 14.7 Å². The minimum atomic E-state index is -1.01. The third-order valence-electron chi connectivity index (χ3n) is 6.01. The quantitative estimate of drug-likeness (QED) is 0.157.